The van der Waals surface area contributed by atoms with E-state index in [9.17, 15) is 14.8 Å². The molecule has 2 heterocycles. The highest BCUT2D eigenvalue weighted by Crippen LogP contribution is 2.41. The Morgan fingerprint density at radius 2 is 1.88 bits per heavy atom. The van der Waals surface area contributed by atoms with E-state index in [4.69, 9.17) is 14.6 Å². The van der Waals surface area contributed by atoms with Gasteiger partial charge in [0.05, 0.1) is 31.2 Å². The first kappa shape index (κ1) is 19.6. The van der Waals surface area contributed by atoms with E-state index in [1.807, 2.05) is 0 Å². The predicted molar refractivity (Wildman–Crippen MR) is 91.0 cm³/mol. The van der Waals surface area contributed by atoms with Crippen molar-refractivity contribution in [1.82, 2.24) is 0 Å². The minimum Gasteiger partial charge on any atom is -0.632 e. The van der Waals surface area contributed by atoms with E-state index >= 15 is 0 Å². The van der Waals surface area contributed by atoms with Gasteiger partial charge in [-0.1, -0.05) is 12.2 Å². The molecule has 0 saturated carbocycles. The topological polar surface area (TPSA) is 95.9 Å². The van der Waals surface area contributed by atoms with E-state index in [-0.39, 0.29) is 29.4 Å². The van der Waals surface area contributed by atoms with Crippen LogP contribution in [-0.4, -0.2) is 60.1 Å². The van der Waals surface area contributed by atoms with E-state index in [1.165, 1.54) is 6.08 Å². The van der Waals surface area contributed by atoms with Crippen LogP contribution in [0.25, 0.3) is 0 Å². The van der Waals surface area contributed by atoms with Gasteiger partial charge >= 0.3 is 11.9 Å². The third-order valence-electron chi connectivity index (χ3n) is 5.30. The molecule has 2 aliphatic heterocycles. The summed E-state index contributed by atoms with van der Waals surface area (Å²) in [7, 11) is 0. The Kier molecular flexibility index (Phi) is 6.37. The molecule has 2 saturated heterocycles. The van der Waals surface area contributed by atoms with E-state index < -0.39 is 24.1 Å². The van der Waals surface area contributed by atoms with Crippen molar-refractivity contribution in [2.45, 2.75) is 45.8 Å². The Bertz CT molecular complexity index is 584. The second-order valence-electron chi connectivity index (χ2n) is 6.71. The van der Waals surface area contributed by atoms with Crippen molar-refractivity contribution in [2.75, 3.05) is 26.3 Å². The minimum atomic E-state index is -0.572. The summed E-state index contributed by atoms with van der Waals surface area (Å²) in [6.45, 7) is 5.67. The van der Waals surface area contributed by atoms with Crippen molar-refractivity contribution < 1.29 is 28.8 Å². The van der Waals surface area contributed by atoms with Gasteiger partial charge in [0.25, 0.3) is 0 Å². The lowest BCUT2D eigenvalue weighted by Gasteiger charge is -2.40. The monoisotopic (exact) mass is 353 g/mol. The fraction of sp³-hybridized carbons (Fsp3) is 0.667. The van der Waals surface area contributed by atoms with E-state index in [2.05, 4.69) is 0 Å². The van der Waals surface area contributed by atoms with Gasteiger partial charge in [-0.15, -0.1) is 0 Å². The number of carbonyl (C=O) groups is 2. The molecule has 0 spiro atoms. The van der Waals surface area contributed by atoms with Crippen molar-refractivity contribution in [3.8, 4) is 0 Å². The Morgan fingerprint density at radius 1 is 1.20 bits per heavy atom. The minimum absolute atomic E-state index is 0.0970. The molecular weight excluding hydrogens is 326 g/mol. The van der Waals surface area contributed by atoms with Crippen LogP contribution in [0.2, 0.25) is 0 Å². The van der Waals surface area contributed by atoms with E-state index in [1.54, 1.807) is 26.8 Å². The molecule has 140 valence electrons. The summed E-state index contributed by atoms with van der Waals surface area (Å²) < 4.78 is 10.4. The molecule has 0 bridgehead atoms. The zero-order valence-corrected chi connectivity index (χ0v) is 15.1. The molecule has 2 aliphatic rings. The number of rotatable bonds is 6. The highest BCUT2D eigenvalue weighted by Gasteiger charge is 2.54. The SMILES string of the molecule is CC=C(C)C(=O)OC1CC[N+]2([O-])CCC(COC(=O)C(=CC)CO)C12. The quantitative estimate of drug-likeness (QED) is 0.336. The lowest BCUT2D eigenvalue weighted by molar-refractivity contribution is -0.882. The second kappa shape index (κ2) is 8.12. The normalized spacial score (nSPS) is 32.4. The van der Waals surface area contributed by atoms with Gasteiger partial charge in [-0.3, -0.25) is 0 Å². The molecule has 2 fully saturated rings. The maximum atomic E-state index is 12.9. The molecule has 7 heteroatoms. The van der Waals surface area contributed by atoms with Crippen LogP contribution in [0.15, 0.2) is 23.3 Å². The van der Waals surface area contributed by atoms with Crippen LogP contribution in [0.1, 0.15) is 33.6 Å². The summed E-state index contributed by atoms with van der Waals surface area (Å²) in [5.41, 5.74) is 0.705. The van der Waals surface area contributed by atoms with Crippen LogP contribution in [0.4, 0.5) is 0 Å². The van der Waals surface area contributed by atoms with Gasteiger partial charge in [-0.25, -0.2) is 9.59 Å². The van der Waals surface area contributed by atoms with Crippen molar-refractivity contribution in [3.05, 3.63) is 28.5 Å². The smallest absolute Gasteiger partial charge is 0.336 e. The summed E-state index contributed by atoms with van der Waals surface area (Å²) in [6, 6.07) is -0.399. The average molecular weight is 353 g/mol. The fourth-order valence-electron chi connectivity index (χ4n) is 3.68. The number of hydrogen-bond acceptors (Lipinski definition) is 6. The number of quaternary nitrogens is 1. The average Bonchev–Trinajstić information content (AvgIpc) is 3.09. The largest absolute Gasteiger partial charge is 0.632 e. The van der Waals surface area contributed by atoms with Crippen LogP contribution in [0.3, 0.4) is 0 Å². The highest BCUT2D eigenvalue weighted by molar-refractivity contribution is 5.88. The maximum Gasteiger partial charge on any atom is 0.336 e. The summed E-state index contributed by atoms with van der Waals surface area (Å²) in [5, 5.41) is 22.0. The molecule has 0 radical (unpaired) electrons. The molecule has 0 aliphatic carbocycles. The van der Waals surface area contributed by atoms with Gasteiger partial charge in [-0.05, 0) is 20.8 Å². The lowest BCUT2D eigenvalue weighted by atomic mass is 9.97. The van der Waals surface area contributed by atoms with Gasteiger partial charge in [0.15, 0.2) is 6.10 Å². The molecule has 0 aromatic rings. The summed E-state index contributed by atoms with van der Waals surface area (Å²) in [4.78, 5) is 23.9. The van der Waals surface area contributed by atoms with Crippen LogP contribution >= 0.6 is 0 Å². The number of allylic oxidation sites excluding steroid dienone is 2. The first-order valence-electron chi connectivity index (χ1n) is 8.71. The number of fused-ring (bicyclic) bond motifs is 1. The fourth-order valence-corrected chi connectivity index (χ4v) is 3.68. The van der Waals surface area contributed by atoms with Gasteiger partial charge in [0.2, 0.25) is 0 Å². The zero-order chi connectivity index (χ0) is 18.6. The molecule has 1 N–H and O–H groups in total. The van der Waals surface area contributed by atoms with Crippen molar-refractivity contribution in [2.24, 2.45) is 5.92 Å². The Balaban J connectivity index is 2.03. The number of aliphatic hydroxyl groups excluding tert-OH is 1. The molecule has 25 heavy (non-hydrogen) atoms. The lowest BCUT2D eigenvalue weighted by Crippen LogP contribution is -2.48. The molecule has 0 aromatic carbocycles. The summed E-state index contributed by atoms with van der Waals surface area (Å²) in [5.74, 6) is -1.12. The number of aliphatic hydroxyl groups is 1. The van der Waals surface area contributed by atoms with Gasteiger partial charge in [0, 0.05) is 18.4 Å². The standard InChI is InChI=1S/C18H27NO6/c1-4-12(3)17(21)25-15-7-9-19(23)8-6-14(16(15)19)11-24-18(22)13(5-2)10-20/h4-5,14-16,20H,6-11H2,1-3H3. The Morgan fingerprint density at radius 3 is 2.48 bits per heavy atom. The molecule has 0 aromatic heterocycles. The van der Waals surface area contributed by atoms with Crippen molar-refractivity contribution >= 4 is 11.9 Å². The Labute approximate surface area is 148 Å². The number of esters is 2. The summed E-state index contributed by atoms with van der Waals surface area (Å²) >= 11 is 0. The van der Waals surface area contributed by atoms with Crippen molar-refractivity contribution in [1.29, 1.82) is 0 Å². The zero-order valence-electron chi connectivity index (χ0n) is 15.1. The third-order valence-corrected chi connectivity index (χ3v) is 5.30. The highest BCUT2D eigenvalue weighted by atomic mass is 16.6. The maximum absolute atomic E-state index is 12.9. The Hall–Kier alpha value is -1.70. The number of hydroxylamine groups is 3. The number of nitrogens with zero attached hydrogens (tertiary/aromatic N) is 1. The van der Waals surface area contributed by atoms with Gasteiger partial charge in [-0.2, -0.15) is 0 Å². The van der Waals surface area contributed by atoms with Gasteiger partial charge in [0.1, 0.15) is 12.6 Å². The predicted octanol–water partition coefficient (Wildman–Crippen LogP) is 1.45. The summed E-state index contributed by atoms with van der Waals surface area (Å²) in [6.07, 6.45) is 3.88. The van der Waals surface area contributed by atoms with Crippen LogP contribution in [-0.2, 0) is 19.1 Å². The van der Waals surface area contributed by atoms with Crippen LogP contribution < -0.4 is 0 Å². The second-order valence-corrected chi connectivity index (χ2v) is 6.71. The number of ether oxygens (including phenoxy) is 2. The first-order chi connectivity index (χ1) is 11.9. The van der Waals surface area contributed by atoms with E-state index in [0.29, 0.717) is 31.5 Å². The molecule has 2 rings (SSSR count). The first-order valence-corrected chi connectivity index (χ1v) is 8.71. The third kappa shape index (κ3) is 4.11. The molecule has 4 atom stereocenters. The van der Waals surface area contributed by atoms with E-state index in [0.717, 1.165) is 0 Å². The van der Waals surface area contributed by atoms with Crippen LogP contribution in [0, 0.1) is 11.1 Å². The molecule has 7 nitrogen and oxygen atoms in total. The molecule has 0 amide bonds. The van der Waals surface area contributed by atoms with Crippen LogP contribution in [0.5, 0.6) is 0 Å². The van der Waals surface area contributed by atoms with Crippen molar-refractivity contribution in [3.63, 3.8) is 0 Å². The van der Waals surface area contributed by atoms with Gasteiger partial charge < -0.3 is 24.4 Å². The number of hydrogen-bond donors (Lipinski definition) is 1. The number of carbonyl (C=O) groups excluding carboxylic acids is 2. The molecular formula is C18H27NO6. The molecule has 4 unspecified atom stereocenters.